The molecule has 0 amide bonds. The molecule has 0 aromatic carbocycles. The molecule has 14 heavy (non-hydrogen) atoms. The summed E-state index contributed by atoms with van der Waals surface area (Å²) in [5.41, 5.74) is -0.445. The summed E-state index contributed by atoms with van der Waals surface area (Å²) in [6.07, 6.45) is 6.45. The van der Waals surface area contributed by atoms with Crippen LogP contribution in [0.2, 0.25) is 6.32 Å². The van der Waals surface area contributed by atoms with Crippen LogP contribution in [0.4, 0.5) is 0 Å². The van der Waals surface area contributed by atoms with E-state index in [1.807, 2.05) is 12.2 Å². The molecule has 0 aromatic rings. The van der Waals surface area contributed by atoms with E-state index in [1.165, 1.54) is 0 Å². The Morgan fingerprint density at radius 1 is 1.14 bits per heavy atom. The van der Waals surface area contributed by atoms with Gasteiger partial charge >= 0.3 is 7.12 Å². The monoisotopic (exact) mass is 194 g/mol. The standard InChI is InChI=1S/C11H19BO2/c1-6-7-8-9-12-13-10(2,3)11(4,5)14-12/h6-8H,1,9H2,2-5H3/b8-7+. The van der Waals surface area contributed by atoms with Gasteiger partial charge in [0, 0.05) is 6.32 Å². The Morgan fingerprint density at radius 2 is 1.64 bits per heavy atom. The fourth-order valence-electron chi connectivity index (χ4n) is 1.35. The van der Waals surface area contributed by atoms with E-state index in [-0.39, 0.29) is 18.3 Å². The lowest BCUT2D eigenvalue weighted by Crippen LogP contribution is -2.41. The van der Waals surface area contributed by atoms with Crippen molar-refractivity contribution in [2.45, 2.75) is 45.2 Å². The highest BCUT2D eigenvalue weighted by atomic mass is 16.7. The third kappa shape index (κ3) is 2.28. The first-order valence-electron chi connectivity index (χ1n) is 5.02. The lowest BCUT2D eigenvalue weighted by molar-refractivity contribution is 0.00578. The van der Waals surface area contributed by atoms with Gasteiger partial charge in [-0.2, -0.15) is 0 Å². The summed E-state index contributed by atoms with van der Waals surface area (Å²) in [7, 11) is -0.129. The Kier molecular flexibility index (Phi) is 3.22. The second-order valence-corrected chi connectivity index (χ2v) is 4.59. The van der Waals surface area contributed by atoms with Crippen LogP contribution in [-0.4, -0.2) is 18.3 Å². The van der Waals surface area contributed by atoms with Gasteiger partial charge in [0.15, 0.2) is 0 Å². The first kappa shape index (κ1) is 11.5. The summed E-state index contributed by atoms with van der Waals surface area (Å²) in [5, 5.41) is 0. The summed E-state index contributed by atoms with van der Waals surface area (Å²) < 4.78 is 11.6. The smallest absolute Gasteiger partial charge is 0.403 e. The fraction of sp³-hybridized carbons (Fsp3) is 0.636. The molecule has 0 bridgehead atoms. The molecule has 1 saturated heterocycles. The van der Waals surface area contributed by atoms with Crippen molar-refractivity contribution in [2.75, 3.05) is 0 Å². The van der Waals surface area contributed by atoms with Gasteiger partial charge in [-0.05, 0) is 27.7 Å². The predicted octanol–water partition coefficient (Wildman–Crippen LogP) is 2.82. The van der Waals surface area contributed by atoms with Crippen LogP contribution >= 0.6 is 0 Å². The van der Waals surface area contributed by atoms with Crippen molar-refractivity contribution >= 4 is 7.12 Å². The van der Waals surface area contributed by atoms with E-state index in [0.717, 1.165) is 6.32 Å². The van der Waals surface area contributed by atoms with E-state index in [1.54, 1.807) is 6.08 Å². The lowest BCUT2D eigenvalue weighted by atomic mass is 9.85. The van der Waals surface area contributed by atoms with E-state index in [9.17, 15) is 0 Å². The van der Waals surface area contributed by atoms with Crippen LogP contribution in [0.5, 0.6) is 0 Å². The van der Waals surface area contributed by atoms with Crippen molar-refractivity contribution in [3.05, 3.63) is 24.8 Å². The van der Waals surface area contributed by atoms with Crippen LogP contribution < -0.4 is 0 Å². The fourth-order valence-corrected chi connectivity index (χ4v) is 1.35. The first-order valence-corrected chi connectivity index (χ1v) is 5.02. The average Bonchev–Trinajstić information content (AvgIpc) is 2.21. The number of allylic oxidation sites excluding steroid dienone is 3. The summed E-state index contributed by atoms with van der Waals surface area (Å²) in [4.78, 5) is 0. The molecule has 1 heterocycles. The molecule has 3 heteroatoms. The maximum Gasteiger partial charge on any atom is 0.461 e. The molecule has 0 spiro atoms. The highest BCUT2D eigenvalue weighted by Crippen LogP contribution is 2.37. The number of hydrogen-bond acceptors (Lipinski definition) is 2. The van der Waals surface area contributed by atoms with E-state index in [0.29, 0.717) is 0 Å². The Bertz CT molecular complexity index is 228. The molecule has 0 aliphatic carbocycles. The molecule has 1 fully saturated rings. The quantitative estimate of drug-likeness (QED) is 0.508. The highest BCUT2D eigenvalue weighted by Gasteiger charge is 2.50. The molecule has 1 aliphatic heterocycles. The molecule has 0 radical (unpaired) electrons. The minimum Gasteiger partial charge on any atom is -0.403 e. The molecule has 0 saturated carbocycles. The van der Waals surface area contributed by atoms with Crippen molar-refractivity contribution < 1.29 is 9.31 Å². The zero-order valence-electron chi connectivity index (χ0n) is 9.54. The van der Waals surface area contributed by atoms with E-state index < -0.39 is 0 Å². The molecule has 0 N–H and O–H groups in total. The van der Waals surface area contributed by atoms with E-state index in [2.05, 4.69) is 34.3 Å². The largest absolute Gasteiger partial charge is 0.461 e. The maximum atomic E-state index is 5.80. The maximum absolute atomic E-state index is 5.80. The molecular formula is C11H19BO2. The number of rotatable bonds is 3. The molecule has 0 unspecified atom stereocenters. The minimum atomic E-state index is -0.223. The summed E-state index contributed by atoms with van der Waals surface area (Å²) in [5.74, 6) is 0. The Morgan fingerprint density at radius 3 is 2.07 bits per heavy atom. The third-order valence-electron chi connectivity index (χ3n) is 2.90. The second kappa shape index (κ2) is 3.91. The molecule has 78 valence electrons. The normalized spacial score (nSPS) is 24.4. The minimum absolute atomic E-state index is 0.129. The van der Waals surface area contributed by atoms with Gasteiger partial charge in [-0.1, -0.05) is 24.8 Å². The van der Waals surface area contributed by atoms with Crippen LogP contribution in [0.25, 0.3) is 0 Å². The third-order valence-corrected chi connectivity index (χ3v) is 2.90. The SMILES string of the molecule is C=C/C=C/CB1OC(C)(C)C(C)(C)O1. The summed E-state index contributed by atoms with van der Waals surface area (Å²) in [6.45, 7) is 11.9. The van der Waals surface area contributed by atoms with Gasteiger partial charge in [-0.25, -0.2) is 0 Å². The zero-order valence-corrected chi connectivity index (χ0v) is 9.54. The van der Waals surface area contributed by atoms with Crippen LogP contribution in [0.1, 0.15) is 27.7 Å². The highest BCUT2D eigenvalue weighted by molar-refractivity contribution is 6.46. The lowest BCUT2D eigenvalue weighted by Gasteiger charge is -2.32. The van der Waals surface area contributed by atoms with Crippen LogP contribution in [0.3, 0.4) is 0 Å². The van der Waals surface area contributed by atoms with Gasteiger partial charge in [0.2, 0.25) is 0 Å². The molecule has 1 rings (SSSR count). The van der Waals surface area contributed by atoms with Crippen molar-refractivity contribution in [3.63, 3.8) is 0 Å². The van der Waals surface area contributed by atoms with E-state index >= 15 is 0 Å². The van der Waals surface area contributed by atoms with Crippen molar-refractivity contribution in [1.29, 1.82) is 0 Å². The topological polar surface area (TPSA) is 18.5 Å². The Balaban J connectivity index is 2.55. The van der Waals surface area contributed by atoms with Gasteiger partial charge in [0.25, 0.3) is 0 Å². The average molecular weight is 194 g/mol. The van der Waals surface area contributed by atoms with Crippen molar-refractivity contribution in [1.82, 2.24) is 0 Å². The first-order chi connectivity index (χ1) is 6.39. The van der Waals surface area contributed by atoms with Crippen molar-refractivity contribution in [3.8, 4) is 0 Å². The van der Waals surface area contributed by atoms with Crippen LogP contribution in [0, 0.1) is 0 Å². The van der Waals surface area contributed by atoms with Crippen molar-refractivity contribution in [2.24, 2.45) is 0 Å². The zero-order chi connectivity index (χ0) is 10.8. The Labute approximate surface area is 87.1 Å². The van der Waals surface area contributed by atoms with Gasteiger partial charge in [0.05, 0.1) is 11.2 Å². The van der Waals surface area contributed by atoms with Gasteiger partial charge in [0.1, 0.15) is 0 Å². The van der Waals surface area contributed by atoms with Crippen LogP contribution in [-0.2, 0) is 9.31 Å². The molecule has 0 aromatic heterocycles. The molecular weight excluding hydrogens is 175 g/mol. The summed E-state index contributed by atoms with van der Waals surface area (Å²) >= 11 is 0. The molecule has 1 aliphatic rings. The van der Waals surface area contributed by atoms with Gasteiger partial charge in [-0.15, -0.1) is 0 Å². The molecule has 0 atom stereocenters. The van der Waals surface area contributed by atoms with Gasteiger partial charge < -0.3 is 9.31 Å². The summed E-state index contributed by atoms with van der Waals surface area (Å²) in [6, 6.07) is 0. The van der Waals surface area contributed by atoms with Crippen LogP contribution in [0.15, 0.2) is 24.8 Å². The number of hydrogen-bond donors (Lipinski definition) is 0. The predicted molar refractivity (Wildman–Crippen MR) is 60.2 cm³/mol. The van der Waals surface area contributed by atoms with Gasteiger partial charge in [-0.3, -0.25) is 0 Å². The Hall–Kier alpha value is -0.535. The molecule has 2 nitrogen and oxygen atoms in total. The van der Waals surface area contributed by atoms with E-state index in [4.69, 9.17) is 9.31 Å². The second-order valence-electron chi connectivity index (χ2n) is 4.59.